The first-order chi connectivity index (χ1) is 10.9. The Hall–Kier alpha value is -0.900. The number of rotatable bonds is 6. The first-order valence-corrected chi connectivity index (χ1v) is 9.33. The zero-order valence-corrected chi connectivity index (χ0v) is 15.3. The summed E-state index contributed by atoms with van der Waals surface area (Å²) in [5.74, 6) is 0.520. The van der Waals surface area contributed by atoms with E-state index in [2.05, 4.69) is 25.7 Å². The van der Waals surface area contributed by atoms with E-state index in [4.69, 9.17) is 4.74 Å². The summed E-state index contributed by atoms with van der Waals surface area (Å²) >= 11 is 0. The molecule has 4 heteroatoms. The van der Waals surface area contributed by atoms with E-state index in [1.807, 2.05) is 0 Å². The Bertz CT molecular complexity index is 432. The SMILES string of the molecule is CCC(=O)C(=O)OCCCN1C2CCCCC2C(C)CC1(C)C. The first kappa shape index (κ1) is 18.4. The smallest absolute Gasteiger partial charge is 0.374 e. The van der Waals surface area contributed by atoms with Crippen LogP contribution in [-0.2, 0) is 14.3 Å². The molecule has 1 aliphatic carbocycles. The average Bonchev–Trinajstić information content (AvgIpc) is 2.52. The Morgan fingerprint density at radius 1 is 1.22 bits per heavy atom. The van der Waals surface area contributed by atoms with Gasteiger partial charge in [-0.2, -0.15) is 0 Å². The molecule has 2 rings (SSSR count). The third-order valence-corrected chi connectivity index (χ3v) is 5.84. The van der Waals surface area contributed by atoms with E-state index in [9.17, 15) is 9.59 Å². The fraction of sp³-hybridized carbons (Fsp3) is 0.895. The number of carbonyl (C=O) groups is 2. The number of piperidine rings is 1. The average molecular weight is 323 g/mol. The van der Waals surface area contributed by atoms with Crippen LogP contribution in [0.15, 0.2) is 0 Å². The minimum atomic E-state index is -0.672. The summed E-state index contributed by atoms with van der Waals surface area (Å²) in [4.78, 5) is 25.3. The predicted octanol–water partition coefficient (Wildman–Crippen LogP) is 3.58. The van der Waals surface area contributed by atoms with Gasteiger partial charge in [0.2, 0.25) is 5.78 Å². The Morgan fingerprint density at radius 3 is 2.61 bits per heavy atom. The zero-order chi connectivity index (χ0) is 17.0. The highest BCUT2D eigenvalue weighted by Crippen LogP contribution is 2.45. The van der Waals surface area contributed by atoms with E-state index in [1.54, 1.807) is 6.92 Å². The molecule has 0 bridgehead atoms. The number of hydrogen-bond donors (Lipinski definition) is 0. The number of fused-ring (bicyclic) bond motifs is 1. The fourth-order valence-corrected chi connectivity index (χ4v) is 4.79. The van der Waals surface area contributed by atoms with Gasteiger partial charge in [0.15, 0.2) is 0 Å². The van der Waals surface area contributed by atoms with E-state index in [-0.39, 0.29) is 12.0 Å². The lowest BCUT2D eigenvalue weighted by Crippen LogP contribution is -2.60. The van der Waals surface area contributed by atoms with Crippen molar-refractivity contribution in [3.05, 3.63) is 0 Å². The maximum absolute atomic E-state index is 11.4. The standard InChI is InChI=1S/C19H33NO3/c1-5-17(21)18(22)23-12-8-11-20-16-10-7-6-9-15(16)14(2)13-19(20,3)4/h14-16H,5-13H2,1-4H3. The van der Waals surface area contributed by atoms with Gasteiger partial charge in [-0.05, 0) is 51.4 Å². The number of likely N-dealkylation sites (tertiary alicyclic amines) is 1. The van der Waals surface area contributed by atoms with Crippen molar-refractivity contribution in [2.45, 2.75) is 84.2 Å². The van der Waals surface area contributed by atoms with Gasteiger partial charge in [0, 0.05) is 24.5 Å². The number of Topliss-reactive ketones (excluding diaryl/α,β-unsaturated/α-hetero) is 1. The molecular formula is C19H33NO3. The second-order valence-corrected chi connectivity index (χ2v) is 7.97. The lowest BCUT2D eigenvalue weighted by Gasteiger charge is -2.56. The van der Waals surface area contributed by atoms with Crippen LogP contribution in [0.2, 0.25) is 0 Å². The highest BCUT2D eigenvalue weighted by atomic mass is 16.5. The van der Waals surface area contributed by atoms with Crippen LogP contribution in [0.25, 0.3) is 0 Å². The molecule has 0 amide bonds. The summed E-state index contributed by atoms with van der Waals surface area (Å²) in [6, 6.07) is 0.676. The Labute approximate surface area is 140 Å². The van der Waals surface area contributed by atoms with Crippen molar-refractivity contribution in [1.29, 1.82) is 0 Å². The van der Waals surface area contributed by atoms with E-state index in [0.29, 0.717) is 12.6 Å². The van der Waals surface area contributed by atoms with Gasteiger partial charge < -0.3 is 4.74 Å². The normalized spacial score (nSPS) is 30.5. The van der Waals surface area contributed by atoms with E-state index in [0.717, 1.165) is 24.8 Å². The molecule has 1 saturated carbocycles. The fourth-order valence-electron chi connectivity index (χ4n) is 4.79. The summed E-state index contributed by atoms with van der Waals surface area (Å²) in [7, 11) is 0. The molecule has 23 heavy (non-hydrogen) atoms. The van der Waals surface area contributed by atoms with Gasteiger partial charge in [0.1, 0.15) is 0 Å². The molecule has 3 atom stereocenters. The third kappa shape index (κ3) is 4.34. The summed E-state index contributed by atoms with van der Waals surface area (Å²) < 4.78 is 5.10. The molecule has 3 unspecified atom stereocenters. The van der Waals surface area contributed by atoms with Crippen LogP contribution in [0.1, 0.15) is 72.6 Å². The molecule has 132 valence electrons. The lowest BCUT2D eigenvalue weighted by atomic mass is 9.67. The predicted molar refractivity (Wildman–Crippen MR) is 91.2 cm³/mol. The monoisotopic (exact) mass is 323 g/mol. The van der Waals surface area contributed by atoms with Gasteiger partial charge in [-0.1, -0.05) is 26.7 Å². The summed E-state index contributed by atoms with van der Waals surface area (Å²) in [5, 5.41) is 0. The molecule has 0 aromatic carbocycles. The first-order valence-electron chi connectivity index (χ1n) is 9.33. The number of ether oxygens (including phenoxy) is 1. The van der Waals surface area contributed by atoms with Crippen molar-refractivity contribution < 1.29 is 14.3 Å². The van der Waals surface area contributed by atoms with Gasteiger partial charge in [-0.15, -0.1) is 0 Å². The van der Waals surface area contributed by atoms with Crippen LogP contribution in [0.4, 0.5) is 0 Å². The Balaban J connectivity index is 1.88. The second kappa shape index (κ2) is 7.78. The highest BCUT2D eigenvalue weighted by molar-refractivity contribution is 6.33. The number of ketones is 1. The van der Waals surface area contributed by atoms with Gasteiger partial charge in [-0.3, -0.25) is 9.69 Å². The molecular weight excluding hydrogens is 290 g/mol. The largest absolute Gasteiger partial charge is 0.460 e. The molecule has 0 spiro atoms. The molecule has 2 aliphatic rings. The maximum Gasteiger partial charge on any atom is 0.374 e. The highest BCUT2D eigenvalue weighted by Gasteiger charge is 2.45. The van der Waals surface area contributed by atoms with Gasteiger partial charge in [0.25, 0.3) is 0 Å². The van der Waals surface area contributed by atoms with Crippen molar-refractivity contribution in [2.75, 3.05) is 13.2 Å². The van der Waals surface area contributed by atoms with E-state index >= 15 is 0 Å². The molecule has 2 fully saturated rings. The van der Waals surface area contributed by atoms with Crippen molar-refractivity contribution in [3.63, 3.8) is 0 Å². The molecule has 0 aromatic heterocycles. The van der Waals surface area contributed by atoms with Crippen LogP contribution >= 0.6 is 0 Å². The number of nitrogens with zero attached hydrogens (tertiary/aromatic N) is 1. The van der Waals surface area contributed by atoms with E-state index < -0.39 is 11.8 Å². The molecule has 1 saturated heterocycles. The van der Waals surface area contributed by atoms with Crippen molar-refractivity contribution in [2.24, 2.45) is 11.8 Å². The molecule has 0 radical (unpaired) electrons. The Kier molecular flexibility index (Phi) is 6.24. The molecule has 1 aliphatic heterocycles. The maximum atomic E-state index is 11.4. The van der Waals surface area contributed by atoms with Gasteiger partial charge in [-0.25, -0.2) is 4.79 Å². The molecule has 0 aromatic rings. The summed E-state index contributed by atoms with van der Waals surface area (Å²) in [5.41, 5.74) is 0.209. The minimum absolute atomic E-state index is 0.209. The van der Waals surface area contributed by atoms with Gasteiger partial charge in [0.05, 0.1) is 6.61 Å². The number of carbonyl (C=O) groups excluding carboxylic acids is 2. The summed E-state index contributed by atoms with van der Waals surface area (Å²) in [6.07, 6.45) is 7.63. The van der Waals surface area contributed by atoms with Gasteiger partial charge >= 0.3 is 5.97 Å². The van der Waals surface area contributed by atoms with Crippen LogP contribution in [0.5, 0.6) is 0 Å². The van der Waals surface area contributed by atoms with Crippen LogP contribution in [-0.4, -0.2) is 41.4 Å². The molecule has 4 nitrogen and oxygen atoms in total. The van der Waals surface area contributed by atoms with Crippen LogP contribution in [0.3, 0.4) is 0 Å². The quantitative estimate of drug-likeness (QED) is 0.426. The topological polar surface area (TPSA) is 46.6 Å². The van der Waals surface area contributed by atoms with Crippen LogP contribution in [0, 0.1) is 11.8 Å². The number of hydrogen-bond acceptors (Lipinski definition) is 4. The number of esters is 1. The minimum Gasteiger partial charge on any atom is -0.460 e. The lowest BCUT2D eigenvalue weighted by molar-refractivity contribution is -0.154. The summed E-state index contributed by atoms with van der Waals surface area (Å²) in [6.45, 7) is 10.1. The second-order valence-electron chi connectivity index (χ2n) is 7.97. The Morgan fingerprint density at radius 2 is 1.91 bits per heavy atom. The third-order valence-electron chi connectivity index (χ3n) is 5.84. The molecule has 0 N–H and O–H groups in total. The molecule has 1 heterocycles. The van der Waals surface area contributed by atoms with Crippen molar-refractivity contribution >= 4 is 11.8 Å². The van der Waals surface area contributed by atoms with Crippen LogP contribution < -0.4 is 0 Å². The van der Waals surface area contributed by atoms with Crippen molar-refractivity contribution in [1.82, 2.24) is 4.90 Å². The van der Waals surface area contributed by atoms with E-state index in [1.165, 1.54) is 32.1 Å². The zero-order valence-electron chi connectivity index (χ0n) is 15.3. The van der Waals surface area contributed by atoms with Crippen molar-refractivity contribution in [3.8, 4) is 0 Å².